The monoisotopic (exact) mass is 297 g/mol. The van der Waals surface area contributed by atoms with E-state index < -0.39 is 0 Å². The van der Waals surface area contributed by atoms with E-state index in [1.165, 1.54) is 32.7 Å². The van der Waals surface area contributed by atoms with Gasteiger partial charge < -0.3 is 0 Å². The highest BCUT2D eigenvalue weighted by molar-refractivity contribution is 6.08. The number of pyridine rings is 1. The van der Waals surface area contributed by atoms with Crippen molar-refractivity contribution in [2.75, 3.05) is 0 Å². The maximum Gasteiger partial charge on any atom is 0.0704 e. The Morgan fingerprint density at radius 2 is 1.61 bits per heavy atom. The van der Waals surface area contributed by atoms with Crippen molar-refractivity contribution >= 4 is 21.5 Å². The summed E-state index contributed by atoms with van der Waals surface area (Å²) in [4.78, 5) is 4.56. The third-order valence-electron chi connectivity index (χ3n) is 4.40. The number of benzene rings is 3. The number of aryl methyl sites for hydroxylation is 1. The highest BCUT2D eigenvalue weighted by Gasteiger charge is 2.05. The zero-order valence-corrected chi connectivity index (χ0v) is 13.3. The Labute approximate surface area is 136 Å². The molecule has 23 heavy (non-hydrogen) atoms. The summed E-state index contributed by atoms with van der Waals surface area (Å²) in [6.07, 6.45) is 4.19. The van der Waals surface area contributed by atoms with Gasteiger partial charge in [-0.1, -0.05) is 61.9 Å². The van der Waals surface area contributed by atoms with Crippen molar-refractivity contribution in [1.29, 1.82) is 0 Å². The van der Waals surface area contributed by atoms with Gasteiger partial charge in [-0.3, -0.25) is 4.98 Å². The Balaban J connectivity index is 1.86. The third kappa shape index (κ3) is 2.59. The fourth-order valence-electron chi connectivity index (χ4n) is 3.25. The van der Waals surface area contributed by atoms with Gasteiger partial charge in [0.1, 0.15) is 0 Å². The van der Waals surface area contributed by atoms with E-state index >= 15 is 0 Å². The molecule has 0 fully saturated rings. The van der Waals surface area contributed by atoms with E-state index in [4.69, 9.17) is 0 Å². The number of fused-ring (bicyclic) bond motifs is 3. The standard InChI is InChI=1S/C22H19N/c1-2-5-16-12-13-23-22(14-16)19-10-11-21-18(15-19)9-8-17-6-3-4-7-20(17)21/h3-4,6-15H,2,5H2,1H3. The molecule has 0 aliphatic rings. The Morgan fingerprint density at radius 1 is 0.783 bits per heavy atom. The molecule has 112 valence electrons. The van der Waals surface area contributed by atoms with Crippen molar-refractivity contribution in [2.45, 2.75) is 19.8 Å². The average Bonchev–Trinajstić information content (AvgIpc) is 2.62. The lowest BCUT2D eigenvalue weighted by molar-refractivity contribution is 0.919. The topological polar surface area (TPSA) is 12.9 Å². The summed E-state index contributed by atoms with van der Waals surface area (Å²) in [5.74, 6) is 0. The lowest BCUT2D eigenvalue weighted by Gasteiger charge is -2.08. The van der Waals surface area contributed by atoms with Crippen LogP contribution in [0.2, 0.25) is 0 Å². The fourth-order valence-corrected chi connectivity index (χ4v) is 3.25. The van der Waals surface area contributed by atoms with Gasteiger partial charge in [-0.2, -0.15) is 0 Å². The van der Waals surface area contributed by atoms with Crippen LogP contribution in [0.4, 0.5) is 0 Å². The Morgan fingerprint density at radius 3 is 2.52 bits per heavy atom. The molecule has 4 aromatic rings. The number of aromatic nitrogens is 1. The minimum absolute atomic E-state index is 1.06. The summed E-state index contributed by atoms with van der Waals surface area (Å²) >= 11 is 0. The average molecular weight is 297 g/mol. The van der Waals surface area contributed by atoms with E-state index in [0.717, 1.165) is 18.5 Å². The third-order valence-corrected chi connectivity index (χ3v) is 4.40. The lowest BCUT2D eigenvalue weighted by Crippen LogP contribution is -1.88. The zero-order valence-electron chi connectivity index (χ0n) is 13.3. The minimum atomic E-state index is 1.06. The van der Waals surface area contributed by atoms with Crippen LogP contribution in [0.5, 0.6) is 0 Å². The van der Waals surface area contributed by atoms with Crippen molar-refractivity contribution < 1.29 is 0 Å². The minimum Gasteiger partial charge on any atom is -0.256 e. The van der Waals surface area contributed by atoms with Crippen molar-refractivity contribution in [1.82, 2.24) is 4.98 Å². The quantitative estimate of drug-likeness (QED) is 0.422. The second-order valence-corrected chi connectivity index (χ2v) is 6.02. The Kier molecular flexibility index (Phi) is 3.55. The van der Waals surface area contributed by atoms with Gasteiger partial charge in [-0.15, -0.1) is 0 Å². The van der Waals surface area contributed by atoms with Gasteiger partial charge in [-0.05, 0) is 51.7 Å². The SMILES string of the molecule is CCCc1ccnc(-c2ccc3c(ccc4ccccc43)c2)c1. The van der Waals surface area contributed by atoms with Crippen LogP contribution in [0.15, 0.2) is 72.9 Å². The molecule has 0 bridgehead atoms. The maximum atomic E-state index is 4.56. The molecule has 0 saturated carbocycles. The molecule has 1 nitrogen and oxygen atoms in total. The van der Waals surface area contributed by atoms with E-state index in [2.05, 4.69) is 78.6 Å². The van der Waals surface area contributed by atoms with Gasteiger partial charge in [0.25, 0.3) is 0 Å². The molecule has 0 aliphatic carbocycles. The first-order valence-electron chi connectivity index (χ1n) is 8.22. The molecule has 0 spiro atoms. The van der Waals surface area contributed by atoms with Crippen LogP contribution in [-0.2, 0) is 6.42 Å². The summed E-state index contributed by atoms with van der Waals surface area (Å²) < 4.78 is 0. The van der Waals surface area contributed by atoms with E-state index in [0.29, 0.717) is 0 Å². The van der Waals surface area contributed by atoms with Crippen LogP contribution in [0.3, 0.4) is 0 Å². The summed E-state index contributed by atoms with van der Waals surface area (Å²) in [7, 11) is 0. The largest absolute Gasteiger partial charge is 0.256 e. The summed E-state index contributed by atoms with van der Waals surface area (Å²) in [5.41, 5.74) is 3.60. The number of rotatable bonds is 3. The fraction of sp³-hybridized carbons (Fsp3) is 0.136. The summed E-state index contributed by atoms with van der Waals surface area (Å²) in [6.45, 7) is 2.21. The molecule has 0 amide bonds. The normalized spacial score (nSPS) is 11.2. The van der Waals surface area contributed by atoms with Crippen molar-refractivity contribution in [3.05, 3.63) is 78.5 Å². The molecule has 0 aliphatic heterocycles. The number of hydrogen-bond donors (Lipinski definition) is 0. The number of hydrogen-bond acceptors (Lipinski definition) is 1. The van der Waals surface area contributed by atoms with Crippen LogP contribution >= 0.6 is 0 Å². The zero-order chi connectivity index (χ0) is 15.6. The van der Waals surface area contributed by atoms with Gasteiger partial charge in [0.05, 0.1) is 5.69 Å². The summed E-state index contributed by atoms with van der Waals surface area (Å²) in [6, 6.07) is 23.9. The Bertz CT molecular complexity index is 985. The van der Waals surface area contributed by atoms with E-state index in [1.54, 1.807) is 0 Å². The van der Waals surface area contributed by atoms with Crippen LogP contribution in [-0.4, -0.2) is 4.98 Å². The highest BCUT2D eigenvalue weighted by Crippen LogP contribution is 2.29. The van der Waals surface area contributed by atoms with E-state index in [1.807, 2.05) is 6.20 Å². The molecule has 0 unspecified atom stereocenters. The predicted octanol–water partition coefficient (Wildman–Crippen LogP) is 6.01. The molecule has 0 radical (unpaired) electrons. The second-order valence-electron chi connectivity index (χ2n) is 6.02. The molecule has 1 heterocycles. The van der Waals surface area contributed by atoms with Gasteiger partial charge in [0.2, 0.25) is 0 Å². The summed E-state index contributed by atoms with van der Waals surface area (Å²) in [5, 5.41) is 5.17. The molecule has 1 heteroatoms. The van der Waals surface area contributed by atoms with Gasteiger partial charge in [0.15, 0.2) is 0 Å². The van der Waals surface area contributed by atoms with Crippen LogP contribution in [0.1, 0.15) is 18.9 Å². The molecule has 4 rings (SSSR count). The van der Waals surface area contributed by atoms with Crippen LogP contribution in [0, 0.1) is 0 Å². The second kappa shape index (κ2) is 5.85. The molecule has 1 aromatic heterocycles. The molecular weight excluding hydrogens is 278 g/mol. The molecule has 3 aromatic carbocycles. The smallest absolute Gasteiger partial charge is 0.0704 e. The number of nitrogens with zero attached hydrogens (tertiary/aromatic N) is 1. The molecule has 0 N–H and O–H groups in total. The van der Waals surface area contributed by atoms with Crippen LogP contribution in [0.25, 0.3) is 32.8 Å². The lowest BCUT2D eigenvalue weighted by atomic mass is 9.98. The van der Waals surface area contributed by atoms with Gasteiger partial charge in [0, 0.05) is 11.8 Å². The Hall–Kier alpha value is -2.67. The molecular formula is C22H19N. The molecule has 0 saturated heterocycles. The van der Waals surface area contributed by atoms with Crippen molar-refractivity contribution in [3.63, 3.8) is 0 Å². The van der Waals surface area contributed by atoms with Crippen LogP contribution < -0.4 is 0 Å². The van der Waals surface area contributed by atoms with Crippen molar-refractivity contribution in [3.8, 4) is 11.3 Å². The highest BCUT2D eigenvalue weighted by atomic mass is 14.7. The van der Waals surface area contributed by atoms with E-state index in [9.17, 15) is 0 Å². The van der Waals surface area contributed by atoms with Crippen molar-refractivity contribution in [2.24, 2.45) is 0 Å². The van der Waals surface area contributed by atoms with Gasteiger partial charge in [-0.25, -0.2) is 0 Å². The first kappa shape index (κ1) is 14.0. The predicted molar refractivity (Wildman–Crippen MR) is 98.7 cm³/mol. The molecule has 0 atom stereocenters. The van der Waals surface area contributed by atoms with E-state index in [-0.39, 0.29) is 0 Å². The first-order chi connectivity index (χ1) is 11.3. The van der Waals surface area contributed by atoms with Gasteiger partial charge >= 0.3 is 0 Å². The first-order valence-corrected chi connectivity index (χ1v) is 8.22. The maximum absolute atomic E-state index is 4.56.